The molecule has 1 aromatic heterocycles. The van der Waals surface area contributed by atoms with Crippen LogP contribution in [0.1, 0.15) is 23.2 Å². The van der Waals surface area contributed by atoms with E-state index in [1.165, 1.54) is 11.1 Å². The van der Waals surface area contributed by atoms with E-state index in [-0.39, 0.29) is 6.10 Å². The molecule has 1 unspecified atom stereocenters. The highest BCUT2D eigenvalue weighted by Gasteiger charge is 2.25. The molecule has 4 rings (SSSR count). The monoisotopic (exact) mass is 311 g/mol. The van der Waals surface area contributed by atoms with Crippen LogP contribution in [0.15, 0.2) is 36.0 Å². The Morgan fingerprint density at radius 1 is 1.35 bits per heavy atom. The number of aromatic nitrogens is 2. The molecule has 1 atom stereocenters. The highest BCUT2D eigenvalue weighted by molar-refractivity contribution is 5.62. The van der Waals surface area contributed by atoms with Crippen LogP contribution in [0.3, 0.4) is 0 Å². The van der Waals surface area contributed by atoms with Gasteiger partial charge in [-0.3, -0.25) is 4.90 Å². The Labute approximate surface area is 135 Å². The van der Waals surface area contributed by atoms with Gasteiger partial charge in [-0.25, -0.2) is 4.98 Å². The van der Waals surface area contributed by atoms with Gasteiger partial charge >= 0.3 is 0 Å². The van der Waals surface area contributed by atoms with Crippen molar-refractivity contribution in [1.82, 2.24) is 14.9 Å². The summed E-state index contributed by atoms with van der Waals surface area (Å²) in [4.78, 5) is 10.1. The molecule has 5 heteroatoms. The summed E-state index contributed by atoms with van der Waals surface area (Å²) in [5.41, 5.74) is 3.54. The SMILES string of the molecule is Cc1cnc(C2CN(CC3=Cc4ccccc4OC3)CCO2)[nH]1. The van der Waals surface area contributed by atoms with Crippen LogP contribution in [0.4, 0.5) is 0 Å². The van der Waals surface area contributed by atoms with E-state index in [0.29, 0.717) is 6.61 Å². The third-order valence-corrected chi connectivity index (χ3v) is 4.30. The fraction of sp³-hybridized carbons (Fsp3) is 0.389. The van der Waals surface area contributed by atoms with Gasteiger partial charge in [-0.05, 0) is 24.6 Å². The minimum absolute atomic E-state index is 0.0230. The smallest absolute Gasteiger partial charge is 0.136 e. The number of ether oxygens (including phenoxy) is 2. The van der Waals surface area contributed by atoms with E-state index < -0.39 is 0 Å². The number of rotatable bonds is 3. The number of H-pyrrole nitrogens is 1. The van der Waals surface area contributed by atoms with Gasteiger partial charge in [-0.2, -0.15) is 0 Å². The Morgan fingerprint density at radius 2 is 2.26 bits per heavy atom. The van der Waals surface area contributed by atoms with Crippen LogP contribution in [0, 0.1) is 6.92 Å². The van der Waals surface area contributed by atoms with Crippen LogP contribution in [0.25, 0.3) is 6.08 Å². The summed E-state index contributed by atoms with van der Waals surface area (Å²) in [6.07, 6.45) is 4.13. The Kier molecular flexibility index (Phi) is 3.89. The number of nitrogens with one attached hydrogen (secondary N) is 1. The van der Waals surface area contributed by atoms with Gasteiger partial charge in [0.05, 0.1) is 6.61 Å². The van der Waals surface area contributed by atoms with Gasteiger partial charge < -0.3 is 14.5 Å². The minimum atomic E-state index is 0.0230. The number of nitrogens with zero attached hydrogens (tertiary/aromatic N) is 2. The first-order valence-corrected chi connectivity index (χ1v) is 8.05. The Hall–Kier alpha value is -2.11. The second-order valence-electron chi connectivity index (χ2n) is 6.18. The second kappa shape index (κ2) is 6.18. The third kappa shape index (κ3) is 3.16. The third-order valence-electron chi connectivity index (χ3n) is 4.30. The van der Waals surface area contributed by atoms with Crippen LogP contribution in [0.2, 0.25) is 0 Å². The lowest BCUT2D eigenvalue weighted by atomic mass is 10.1. The average Bonchev–Trinajstić information content (AvgIpc) is 3.02. The van der Waals surface area contributed by atoms with E-state index in [1.54, 1.807) is 0 Å². The molecule has 2 aromatic rings. The van der Waals surface area contributed by atoms with Crippen LogP contribution in [0.5, 0.6) is 5.75 Å². The van der Waals surface area contributed by atoms with Crippen molar-refractivity contribution in [2.75, 3.05) is 32.8 Å². The minimum Gasteiger partial charge on any atom is -0.489 e. The number of imidazole rings is 1. The number of fused-ring (bicyclic) bond motifs is 1. The Morgan fingerprint density at radius 3 is 3.13 bits per heavy atom. The van der Waals surface area contributed by atoms with Gasteiger partial charge in [-0.1, -0.05) is 18.2 Å². The van der Waals surface area contributed by atoms with E-state index >= 15 is 0 Å². The zero-order valence-corrected chi connectivity index (χ0v) is 13.3. The van der Waals surface area contributed by atoms with Gasteiger partial charge in [0.1, 0.15) is 24.3 Å². The summed E-state index contributed by atoms with van der Waals surface area (Å²) < 4.78 is 11.7. The number of aryl methyl sites for hydroxylation is 1. The maximum absolute atomic E-state index is 5.87. The van der Waals surface area contributed by atoms with Crippen LogP contribution < -0.4 is 4.74 Å². The van der Waals surface area contributed by atoms with Gasteiger partial charge in [0, 0.05) is 37.1 Å². The fourth-order valence-corrected chi connectivity index (χ4v) is 3.15. The molecule has 1 aromatic carbocycles. The van der Waals surface area contributed by atoms with Gasteiger partial charge in [0.15, 0.2) is 0 Å². The molecule has 1 fully saturated rings. The number of hydrogen-bond donors (Lipinski definition) is 1. The molecule has 23 heavy (non-hydrogen) atoms. The summed E-state index contributed by atoms with van der Waals surface area (Å²) >= 11 is 0. The first kappa shape index (κ1) is 14.5. The van der Waals surface area contributed by atoms with Crippen molar-refractivity contribution >= 4 is 6.08 Å². The lowest BCUT2D eigenvalue weighted by molar-refractivity contribution is -0.0313. The van der Waals surface area contributed by atoms with Crippen LogP contribution >= 0.6 is 0 Å². The van der Waals surface area contributed by atoms with Crippen LogP contribution in [-0.4, -0.2) is 47.7 Å². The lowest BCUT2D eigenvalue weighted by Crippen LogP contribution is -2.40. The molecule has 0 spiro atoms. The van der Waals surface area contributed by atoms with Gasteiger partial charge in [0.25, 0.3) is 0 Å². The molecule has 2 aliphatic rings. The molecule has 0 radical (unpaired) electrons. The molecular weight excluding hydrogens is 290 g/mol. The molecule has 0 amide bonds. The molecule has 120 valence electrons. The quantitative estimate of drug-likeness (QED) is 0.946. The Bertz CT molecular complexity index is 723. The summed E-state index contributed by atoms with van der Waals surface area (Å²) in [6, 6.07) is 8.18. The molecule has 0 aliphatic carbocycles. The number of aromatic amines is 1. The average molecular weight is 311 g/mol. The number of para-hydroxylation sites is 1. The van der Waals surface area contributed by atoms with Gasteiger partial charge in [0.2, 0.25) is 0 Å². The maximum atomic E-state index is 5.87. The largest absolute Gasteiger partial charge is 0.489 e. The normalized spacial score (nSPS) is 21.4. The van der Waals surface area contributed by atoms with Crippen molar-refractivity contribution < 1.29 is 9.47 Å². The fourth-order valence-electron chi connectivity index (χ4n) is 3.15. The first-order chi connectivity index (χ1) is 11.3. The molecule has 1 N–H and O–H groups in total. The lowest BCUT2D eigenvalue weighted by Gasteiger charge is -2.33. The van der Waals surface area contributed by atoms with Crippen molar-refractivity contribution in [2.45, 2.75) is 13.0 Å². The first-order valence-electron chi connectivity index (χ1n) is 8.05. The summed E-state index contributed by atoms with van der Waals surface area (Å²) in [7, 11) is 0. The van der Waals surface area contributed by atoms with E-state index in [9.17, 15) is 0 Å². The second-order valence-corrected chi connectivity index (χ2v) is 6.18. The van der Waals surface area contributed by atoms with E-state index in [2.05, 4.69) is 27.0 Å². The van der Waals surface area contributed by atoms with E-state index in [4.69, 9.17) is 9.47 Å². The molecule has 0 saturated carbocycles. The highest BCUT2D eigenvalue weighted by atomic mass is 16.5. The predicted molar refractivity (Wildman–Crippen MR) is 88.4 cm³/mol. The Balaban J connectivity index is 1.44. The van der Waals surface area contributed by atoms with Gasteiger partial charge in [-0.15, -0.1) is 0 Å². The van der Waals surface area contributed by atoms with Crippen molar-refractivity contribution in [1.29, 1.82) is 0 Å². The number of benzene rings is 1. The molecule has 0 bridgehead atoms. The van der Waals surface area contributed by atoms with E-state index in [1.807, 2.05) is 31.3 Å². The summed E-state index contributed by atoms with van der Waals surface area (Å²) in [5.74, 6) is 1.90. The predicted octanol–water partition coefficient (Wildman–Crippen LogP) is 2.57. The summed E-state index contributed by atoms with van der Waals surface area (Å²) in [5, 5.41) is 0. The van der Waals surface area contributed by atoms with Crippen LogP contribution in [-0.2, 0) is 4.74 Å². The maximum Gasteiger partial charge on any atom is 0.136 e. The standard InChI is InChI=1S/C18H21N3O2/c1-13-9-19-18(20-13)17-11-21(6-7-22-17)10-14-8-15-4-2-3-5-16(15)23-12-14/h2-5,8-9,17H,6-7,10-12H2,1H3,(H,19,20). The zero-order valence-electron chi connectivity index (χ0n) is 13.3. The molecule has 2 aliphatic heterocycles. The van der Waals surface area contributed by atoms with Crippen molar-refractivity contribution in [3.05, 3.63) is 53.1 Å². The van der Waals surface area contributed by atoms with E-state index in [0.717, 1.165) is 43.5 Å². The molecular formula is C18H21N3O2. The molecule has 1 saturated heterocycles. The number of hydrogen-bond acceptors (Lipinski definition) is 4. The van der Waals surface area contributed by atoms with Crippen molar-refractivity contribution in [2.24, 2.45) is 0 Å². The number of morpholine rings is 1. The summed E-state index contributed by atoms with van der Waals surface area (Å²) in [6.45, 7) is 6.11. The highest BCUT2D eigenvalue weighted by Crippen LogP contribution is 2.27. The molecule has 3 heterocycles. The molecule has 5 nitrogen and oxygen atoms in total. The van der Waals surface area contributed by atoms with Crippen molar-refractivity contribution in [3.8, 4) is 5.75 Å². The zero-order chi connectivity index (χ0) is 15.6. The van der Waals surface area contributed by atoms with Crippen molar-refractivity contribution in [3.63, 3.8) is 0 Å². The topological polar surface area (TPSA) is 50.4 Å².